The summed E-state index contributed by atoms with van der Waals surface area (Å²) in [5, 5.41) is 13.0. The molecule has 102 valence electrons. The van der Waals surface area contributed by atoms with Gasteiger partial charge in [-0.15, -0.1) is 0 Å². The van der Waals surface area contributed by atoms with Crippen molar-refractivity contribution in [2.24, 2.45) is 0 Å². The van der Waals surface area contributed by atoms with E-state index in [9.17, 15) is 5.11 Å². The van der Waals surface area contributed by atoms with Crippen molar-refractivity contribution in [3.8, 4) is 5.75 Å². The lowest BCUT2D eigenvalue weighted by molar-refractivity contribution is 0.157. The lowest BCUT2D eigenvalue weighted by Crippen LogP contribution is -2.28. The molecule has 0 amide bonds. The second-order valence-corrected chi connectivity index (χ2v) is 4.57. The zero-order valence-electron chi connectivity index (χ0n) is 11.6. The zero-order valence-corrected chi connectivity index (χ0v) is 11.6. The molecule has 3 heteroatoms. The molecule has 0 fully saturated rings. The van der Waals surface area contributed by atoms with Crippen molar-refractivity contribution in [2.75, 3.05) is 13.2 Å². The fourth-order valence-corrected chi connectivity index (χ4v) is 1.89. The molecule has 1 rings (SSSR count). The maximum atomic E-state index is 9.68. The predicted molar refractivity (Wildman–Crippen MR) is 74.9 cm³/mol. The quantitative estimate of drug-likeness (QED) is 0.746. The largest absolute Gasteiger partial charge is 0.494 e. The summed E-state index contributed by atoms with van der Waals surface area (Å²) >= 11 is 0. The van der Waals surface area contributed by atoms with Crippen molar-refractivity contribution < 1.29 is 9.84 Å². The summed E-state index contributed by atoms with van der Waals surface area (Å²) in [6.07, 6.45) is 1.61. The number of aliphatic hydroxyl groups excluding tert-OH is 1. The third-order valence-corrected chi connectivity index (χ3v) is 2.97. The molecular formula is C15H25NO2. The van der Waals surface area contributed by atoms with Crippen LogP contribution in [0.25, 0.3) is 0 Å². The second-order valence-electron chi connectivity index (χ2n) is 4.57. The average Bonchev–Trinajstić information content (AvgIpc) is 2.37. The average molecular weight is 251 g/mol. The Hall–Kier alpha value is -1.06. The fourth-order valence-electron chi connectivity index (χ4n) is 1.89. The predicted octanol–water partition coefficient (Wildman–Crippen LogP) is 2.90. The second kappa shape index (κ2) is 8.11. The number of nitrogens with one attached hydrogen (secondary N) is 1. The van der Waals surface area contributed by atoms with Gasteiger partial charge in [-0.3, -0.25) is 0 Å². The van der Waals surface area contributed by atoms with Crippen LogP contribution in [0, 0.1) is 0 Å². The topological polar surface area (TPSA) is 41.5 Å². The lowest BCUT2D eigenvalue weighted by atomic mass is 10.1. The number of aliphatic hydroxyl groups is 1. The van der Waals surface area contributed by atoms with Crippen LogP contribution >= 0.6 is 0 Å². The Morgan fingerprint density at radius 2 is 1.89 bits per heavy atom. The lowest BCUT2D eigenvalue weighted by Gasteiger charge is -2.17. The number of hydrogen-bond donors (Lipinski definition) is 2. The molecule has 0 aliphatic carbocycles. The van der Waals surface area contributed by atoms with Crippen molar-refractivity contribution >= 4 is 0 Å². The van der Waals surface area contributed by atoms with E-state index in [0.29, 0.717) is 13.2 Å². The minimum absolute atomic E-state index is 0.243. The minimum Gasteiger partial charge on any atom is -0.494 e. The SMILES string of the molecule is CCCC(O)CNC(C)c1ccc(OCC)cc1. The van der Waals surface area contributed by atoms with Gasteiger partial charge in [0, 0.05) is 12.6 Å². The third kappa shape index (κ3) is 5.07. The highest BCUT2D eigenvalue weighted by Gasteiger charge is 2.08. The summed E-state index contributed by atoms with van der Waals surface area (Å²) in [7, 11) is 0. The minimum atomic E-state index is -0.250. The Labute approximate surface area is 110 Å². The summed E-state index contributed by atoms with van der Waals surface area (Å²) in [6.45, 7) is 7.50. The van der Waals surface area contributed by atoms with Crippen molar-refractivity contribution in [3.05, 3.63) is 29.8 Å². The molecule has 3 nitrogen and oxygen atoms in total. The summed E-state index contributed by atoms with van der Waals surface area (Å²) in [4.78, 5) is 0. The van der Waals surface area contributed by atoms with Crippen LogP contribution in [-0.2, 0) is 0 Å². The standard InChI is InChI=1S/C15H25NO2/c1-4-6-14(17)11-16-12(3)13-7-9-15(10-8-13)18-5-2/h7-10,12,14,16-17H,4-6,11H2,1-3H3. The van der Waals surface area contributed by atoms with Crippen molar-refractivity contribution in [3.63, 3.8) is 0 Å². The maximum Gasteiger partial charge on any atom is 0.119 e. The van der Waals surface area contributed by atoms with Crippen molar-refractivity contribution in [1.82, 2.24) is 5.32 Å². The van der Waals surface area contributed by atoms with Gasteiger partial charge in [0.2, 0.25) is 0 Å². The zero-order chi connectivity index (χ0) is 13.4. The monoisotopic (exact) mass is 251 g/mol. The molecule has 1 aromatic carbocycles. The summed E-state index contributed by atoms with van der Waals surface area (Å²) in [5.74, 6) is 0.902. The number of benzene rings is 1. The number of rotatable bonds is 8. The van der Waals surface area contributed by atoms with Crippen LogP contribution in [0.4, 0.5) is 0 Å². The summed E-state index contributed by atoms with van der Waals surface area (Å²) < 4.78 is 5.41. The molecule has 0 saturated heterocycles. The molecule has 0 spiro atoms. The molecule has 0 heterocycles. The highest BCUT2D eigenvalue weighted by atomic mass is 16.5. The first-order valence-electron chi connectivity index (χ1n) is 6.81. The van der Waals surface area contributed by atoms with Gasteiger partial charge in [0.1, 0.15) is 5.75 Å². The molecule has 0 aliphatic rings. The molecule has 2 unspecified atom stereocenters. The molecule has 0 saturated carbocycles. The van der Waals surface area contributed by atoms with Crippen LogP contribution in [0.1, 0.15) is 45.2 Å². The Morgan fingerprint density at radius 3 is 2.44 bits per heavy atom. The summed E-state index contributed by atoms with van der Waals surface area (Å²) in [6, 6.07) is 8.34. The van der Waals surface area contributed by atoms with Gasteiger partial charge in [0.15, 0.2) is 0 Å². The Morgan fingerprint density at radius 1 is 1.22 bits per heavy atom. The third-order valence-electron chi connectivity index (χ3n) is 2.97. The van der Waals surface area contributed by atoms with Crippen LogP contribution < -0.4 is 10.1 Å². The molecule has 0 aromatic heterocycles. The molecule has 2 N–H and O–H groups in total. The van der Waals surface area contributed by atoms with Gasteiger partial charge < -0.3 is 15.2 Å². The van der Waals surface area contributed by atoms with Crippen LogP contribution in [0.15, 0.2) is 24.3 Å². The van der Waals surface area contributed by atoms with E-state index in [0.717, 1.165) is 18.6 Å². The first kappa shape index (κ1) is 15.0. The van der Waals surface area contributed by atoms with Gasteiger partial charge in [0.05, 0.1) is 12.7 Å². The molecule has 0 bridgehead atoms. The molecule has 0 radical (unpaired) electrons. The van der Waals surface area contributed by atoms with E-state index >= 15 is 0 Å². The van der Waals surface area contributed by atoms with E-state index < -0.39 is 0 Å². The van der Waals surface area contributed by atoms with Gasteiger partial charge in [-0.2, -0.15) is 0 Å². The Balaban J connectivity index is 2.43. The fraction of sp³-hybridized carbons (Fsp3) is 0.600. The molecule has 18 heavy (non-hydrogen) atoms. The molecule has 1 aromatic rings. The van der Waals surface area contributed by atoms with Gasteiger partial charge >= 0.3 is 0 Å². The Bertz CT molecular complexity index is 324. The van der Waals surface area contributed by atoms with E-state index in [-0.39, 0.29) is 12.1 Å². The van der Waals surface area contributed by atoms with E-state index in [1.165, 1.54) is 5.56 Å². The molecule has 0 aliphatic heterocycles. The molecular weight excluding hydrogens is 226 g/mol. The van der Waals surface area contributed by atoms with E-state index in [1.54, 1.807) is 0 Å². The van der Waals surface area contributed by atoms with Gasteiger partial charge in [-0.25, -0.2) is 0 Å². The van der Waals surface area contributed by atoms with Gasteiger partial charge in [-0.05, 0) is 38.0 Å². The van der Waals surface area contributed by atoms with Crippen molar-refractivity contribution in [1.29, 1.82) is 0 Å². The maximum absolute atomic E-state index is 9.68. The van der Waals surface area contributed by atoms with Crippen LogP contribution in [-0.4, -0.2) is 24.4 Å². The van der Waals surface area contributed by atoms with Gasteiger partial charge in [-0.1, -0.05) is 25.5 Å². The number of hydrogen-bond acceptors (Lipinski definition) is 3. The van der Waals surface area contributed by atoms with E-state index in [2.05, 4.69) is 31.3 Å². The van der Waals surface area contributed by atoms with Gasteiger partial charge in [0.25, 0.3) is 0 Å². The first-order valence-corrected chi connectivity index (χ1v) is 6.81. The first-order chi connectivity index (χ1) is 8.67. The Kier molecular flexibility index (Phi) is 6.76. The summed E-state index contributed by atoms with van der Waals surface area (Å²) in [5.41, 5.74) is 1.21. The normalized spacial score (nSPS) is 14.2. The van der Waals surface area contributed by atoms with Crippen molar-refractivity contribution in [2.45, 2.75) is 45.8 Å². The van der Waals surface area contributed by atoms with E-state index in [1.807, 2.05) is 19.1 Å². The highest BCUT2D eigenvalue weighted by molar-refractivity contribution is 5.28. The smallest absolute Gasteiger partial charge is 0.119 e. The van der Waals surface area contributed by atoms with Crippen LogP contribution in [0.5, 0.6) is 5.75 Å². The molecule has 2 atom stereocenters. The van der Waals surface area contributed by atoms with E-state index in [4.69, 9.17) is 4.74 Å². The number of ether oxygens (including phenoxy) is 1. The van der Waals surface area contributed by atoms with Crippen LogP contribution in [0.3, 0.4) is 0 Å². The highest BCUT2D eigenvalue weighted by Crippen LogP contribution is 2.17. The van der Waals surface area contributed by atoms with Crippen LogP contribution in [0.2, 0.25) is 0 Å².